The minimum atomic E-state index is -3.18. The van der Waals surface area contributed by atoms with E-state index in [0.717, 1.165) is 0 Å². The number of carbonyl (C=O) groups excluding carboxylic acids is 2. The van der Waals surface area contributed by atoms with Crippen LogP contribution in [0, 0.1) is 0 Å². The van der Waals surface area contributed by atoms with E-state index in [1.807, 2.05) is 0 Å². The molecule has 0 radical (unpaired) electrons. The Morgan fingerprint density at radius 3 is 2.33 bits per heavy atom. The molecule has 1 saturated heterocycles. The van der Waals surface area contributed by atoms with Gasteiger partial charge in [-0.1, -0.05) is 0 Å². The molecule has 9 heteroatoms. The lowest BCUT2D eigenvalue weighted by molar-refractivity contribution is -0.143. The Kier molecular flexibility index (Phi) is 7.06. The normalized spacial score (nSPS) is 16.8. The van der Waals surface area contributed by atoms with Gasteiger partial charge < -0.3 is 15.0 Å². The Morgan fingerprint density at radius 2 is 1.81 bits per heavy atom. The number of hydrogen-bond acceptors (Lipinski definition) is 6. The van der Waals surface area contributed by atoms with E-state index in [2.05, 4.69) is 5.32 Å². The summed E-state index contributed by atoms with van der Waals surface area (Å²) in [6.45, 7) is 4.05. The SMILES string of the molecule is CCOC(=O)CCNCC(=O)N1CCN(S(C)(=O)=O)CC1. The van der Waals surface area contributed by atoms with Gasteiger partial charge >= 0.3 is 5.97 Å². The van der Waals surface area contributed by atoms with Gasteiger partial charge in [-0.2, -0.15) is 4.31 Å². The minimum Gasteiger partial charge on any atom is -0.466 e. The van der Waals surface area contributed by atoms with Gasteiger partial charge in [-0.3, -0.25) is 9.59 Å². The number of nitrogens with zero attached hydrogens (tertiary/aromatic N) is 2. The summed E-state index contributed by atoms with van der Waals surface area (Å²) in [5.74, 6) is -0.383. The topological polar surface area (TPSA) is 96.0 Å². The van der Waals surface area contributed by atoms with Crippen molar-refractivity contribution in [2.24, 2.45) is 0 Å². The van der Waals surface area contributed by atoms with Gasteiger partial charge in [0.1, 0.15) is 0 Å². The molecular formula is C12H23N3O5S. The molecule has 1 heterocycles. The van der Waals surface area contributed by atoms with Crippen molar-refractivity contribution >= 4 is 21.9 Å². The first kappa shape index (κ1) is 17.9. The van der Waals surface area contributed by atoms with Crippen molar-refractivity contribution in [3.8, 4) is 0 Å². The molecule has 0 aromatic rings. The summed E-state index contributed by atoms with van der Waals surface area (Å²) in [4.78, 5) is 24.6. The second-order valence-electron chi connectivity index (χ2n) is 4.77. The zero-order valence-electron chi connectivity index (χ0n) is 12.5. The van der Waals surface area contributed by atoms with Crippen molar-refractivity contribution in [2.45, 2.75) is 13.3 Å². The predicted octanol–water partition coefficient (Wildman–Crippen LogP) is -1.37. The average molecular weight is 321 g/mol. The molecule has 1 amide bonds. The standard InChI is InChI=1S/C12H23N3O5S/c1-3-20-12(17)4-5-13-10-11(16)14-6-8-15(9-7-14)21(2,18)19/h13H,3-10H2,1-2H3. The molecule has 1 aliphatic rings. The van der Waals surface area contributed by atoms with Gasteiger partial charge in [0, 0.05) is 32.7 Å². The third-order valence-electron chi connectivity index (χ3n) is 3.15. The van der Waals surface area contributed by atoms with Crippen molar-refractivity contribution in [2.75, 3.05) is 52.1 Å². The van der Waals surface area contributed by atoms with E-state index in [1.165, 1.54) is 10.6 Å². The predicted molar refractivity (Wildman–Crippen MR) is 77.1 cm³/mol. The lowest BCUT2D eigenvalue weighted by Crippen LogP contribution is -2.52. The third kappa shape index (κ3) is 6.40. The van der Waals surface area contributed by atoms with Crippen LogP contribution < -0.4 is 5.32 Å². The number of rotatable bonds is 7. The Hall–Kier alpha value is -1.19. The van der Waals surface area contributed by atoms with Crippen LogP contribution in [-0.2, 0) is 24.3 Å². The second kappa shape index (κ2) is 8.30. The van der Waals surface area contributed by atoms with Crippen LogP contribution in [0.15, 0.2) is 0 Å². The van der Waals surface area contributed by atoms with E-state index < -0.39 is 10.0 Å². The first-order chi connectivity index (χ1) is 9.84. The van der Waals surface area contributed by atoms with Crippen LogP contribution in [0.25, 0.3) is 0 Å². The van der Waals surface area contributed by atoms with Gasteiger partial charge in [0.2, 0.25) is 15.9 Å². The number of hydrogen-bond donors (Lipinski definition) is 1. The highest BCUT2D eigenvalue weighted by molar-refractivity contribution is 7.88. The first-order valence-corrected chi connectivity index (χ1v) is 8.78. The molecule has 0 bridgehead atoms. The Labute approximate surface area is 125 Å². The molecule has 122 valence electrons. The summed E-state index contributed by atoms with van der Waals surface area (Å²) in [7, 11) is -3.18. The van der Waals surface area contributed by atoms with Crippen LogP contribution in [0.5, 0.6) is 0 Å². The Morgan fingerprint density at radius 1 is 1.19 bits per heavy atom. The molecule has 1 N–H and O–H groups in total. The lowest BCUT2D eigenvalue weighted by Gasteiger charge is -2.33. The molecule has 0 aromatic heterocycles. The highest BCUT2D eigenvalue weighted by Crippen LogP contribution is 2.05. The molecule has 0 saturated carbocycles. The van der Waals surface area contributed by atoms with Crippen LogP contribution in [0.3, 0.4) is 0 Å². The maximum Gasteiger partial charge on any atom is 0.307 e. The second-order valence-corrected chi connectivity index (χ2v) is 6.76. The fraction of sp³-hybridized carbons (Fsp3) is 0.833. The number of piperazine rings is 1. The molecule has 0 aliphatic carbocycles. The summed E-state index contributed by atoms with van der Waals surface area (Å²) < 4.78 is 28.9. The molecule has 0 aromatic carbocycles. The summed E-state index contributed by atoms with van der Waals surface area (Å²) in [6.07, 6.45) is 1.39. The van der Waals surface area contributed by atoms with Crippen LogP contribution >= 0.6 is 0 Å². The molecule has 1 rings (SSSR count). The maximum atomic E-state index is 11.9. The van der Waals surface area contributed by atoms with Gasteiger partial charge in [0.15, 0.2) is 0 Å². The van der Waals surface area contributed by atoms with Crippen molar-refractivity contribution < 1.29 is 22.7 Å². The molecule has 0 spiro atoms. The molecule has 0 unspecified atom stereocenters. The summed E-state index contributed by atoms with van der Waals surface area (Å²) in [5, 5.41) is 2.89. The molecule has 8 nitrogen and oxygen atoms in total. The van der Waals surface area contributed by atoms with E-state index in [1.54, 1.807) is 11.8 Å². The smallest absolute Gasteiger partial charge is 0.307 e. The van der Waals surface area contributed by atoms with Crippen LogP contribution in [0.4, 0.5) is 0 Å². The number of ether oxygens (including phenoxy) is 1. The molecule has 1 aliphatic heterocycles. The van der Waals surface area contributed by atoms with E-state index in [9.17, 15) is 18.0 Å². The fourth-order valence-corrected chi connectivity index (χ4v) is 2.83. The van der Waals surface area contributed by atoms with Crippen molar-refractivity contribution in [1.29, 1.82) is 0 Å². The van der Waals surface area contributed by atoms with Crippen molar-refractivity contribution in [1.82, 2.24) is 14.5 Å². The van der Waals surface area contributed by atoms with Gasteiger partial charge in [-0.25, -0.2) is 8.42 Å². The number of amides is 1. The molecular weight excluding hydrogens is 298 g/mol. The quantitative estimate of drug-likeness (QED) is 0.459. The minimum absolute atomic E-state index is 0.0907. The van der Waals surface area contributed by atoms with E-state index >= 15 is 0 Å². The largest absolute Gasteiger partial charge is 0.466 e. The van der Waals surface area contributed by atoms with E-state index in [-0.39, 0.29) is 24.8 Å². The first-order valence-electron chi connectivity index (χ1n) is 6.94. The highest BCUT2D eigenvalue weighted by Gasteiger charge is 2.25. The van der Waals surface area contributed by atoms with E-state index in [4.69, 9.17) is 4.74 Å². The average Bonchev–Trinajstić information content (AvgIpc) is 2.43. The van der Waals surface area contributed by atoms with Gasteiger partial charge in [0.25, 0.3) is 0 Å². The number of nitrogens with one attached hydrogen (secondary N) is 1. The van der Waals surface area contributed by atoms with Crippen LogP contribution in [0.1, 0.15) is 13.3 Å². The van der Waals surface area contributed by atoms with Crippen LogP contribution in [-0.4, -0.2) is 81.6 Å². The molecule has 0 atom stereocenters. The van der Waals surface area contributed by atoms with E-state index in [0.29, 0.717) is 39.3 Å². The number of carbonyl (C=O) groups is 2. The van der Waals surface area contributed by atoms with Crippen molar-refractivity contribution in [3.05, 3.63) is 0 Å². The van der Waals surface area contributed by atoms with Gasteiger partial charge in [-0.15, -0.1) is 0 Å². The number of esters is 1. The third-order valence-corrected chi connectivity index (χ3v) is 4.45. The fourth-order valence-electron chi connectivity index (χ4n) is 2.00. The highest BCUT2D eigenvalue weighted by atomic mass is 32.2. The van der Waals surface area contributed by atoms with Gasteiger partial charge in [-0.05, 0) is 6.92 Å². The monoisotopic (exact) mass is 321 g/mol. The summed E-state index contributed by atoms with van der Waals surface area (Å²) in [5.41, 5.74) is 0. The maximum absolute atomic E-state index is 11.9. The molecule has 21 heavy (non-hydrogen) atoms. The number of sulfonamides is 1. The Bertz CT molecular complexity index is 458. The zero-order chi connectivity index (χ0) is 15.9. The van der Waals surface area contributed by atoms with Crippen molar-refractivity contribution in [3.63, 3.8) is 0 Å². The zero-order valence-corrected chi connectivity index (χ0v) is 13.3. The molecule has 1 fully saturated rings. The summed E-state index contributed by atoms with van der Waals surface area (Å²) in [6, 6.07) is 0. The Balaban J connectivity index is 2.21. The van der Waals surface area contributed by atoms with Gasteiger partial charge in [0.05, 0.1) is 25.8 Å². The van der Waals surface area contributed by atoms with Crippen LogP contribution in [0.2, 0.25) is 0 Å². The lowest BCUT2D eigenvalue weighted by atomic mass is 10.3. The summed E-state index contributed by atoms with van der Waals surface area (Å²) >= 11 is 0.